The van der Waals surface area contributed by atoms with Crippen molar-refractivity contribution in [2.24, 2.45) is 0 Å². The zero-order valence-corrected chi connectivity index (χ0v) is 8.10. The van der Waals surface area contributed by atoms with Crippen molar-refractivity contribution in [1.29, 1.82) is 0 Å². The van der Waals surface area contributed by atoms with Gasteiger partial charge in [-0.3, -0.25) is 9.78 Å². The van der Waals surface area contributed by atoms with E-state index in [2.05, 4.69) is 10.3 Å². The fourth-order valence-electron chi connectivity index (χ4n) is 0.916. The first kappa shape index (κ1) is 10.9. The van der Waals surface area contributed by atoms with E-state index >= 15 is 0 Å². The molecular weight excluding hydrogens is 196 g/mol. The molecule has 0 saturated heterocycles. The van der Waals surface area contributed by atoms with Crippen molar-refractivity contribution in [3.8, 4) is 0 Å². The van der Waals surface area contributed by atoms with Crippen molar-refractivity contribution in [2.45, 2.75) is 6.92 Å². The predicted octanol–water partition coefficient (Wildman–Crippen LogP) is 0.969. The quantitative estimate of drug-likeness (QED) is 0.722. The van der Waals surface area contributed by atoms with Crippen molar-refractivity contribution in [3.63, 3.8) is 0 Å². The zero-order chi connectivity index (χ0) is 11.3. The number of carbonyl (C=O) groups is 2. The second-order valence-corrected chi connectivity index (χ2v) is 2.85. The van der Waals surface area contributed by atoms with Gasteiger partial charge in [0.05, 0.1) is 11.9 Å². The van der Waals surface area contributed by atoms with E-state index in [-0.39, 0.29) is 0 Å². The lowest BCUT2D eigenvalue weighted by atomic mass is 10.2. The summed E-state index contributed by atoms with van der Waals surface area (Å²) in [5, 5.41) is 10.8. The molecule has 1 amide bonds. The number of nitrogens with zero attached hydrogens (tertiary/aromatic N) is 1. The highest BCUT2D eigenvalue weighted by molar-refractivity contribution is 6.02. The third-order valence-electron chi connectivity index (χ3n) is 1.67. The minimum absolute atomic E-state index is 0.492. The molecule has 0 aliphatic carbocycles. The van der Waals surface area contributed by atoms with Gasteiger partial charge in [0, 0.05) is 18.3 Å². The smallest absolute Gasteiger partial charge is 0.328 e. The molecule has 2 N–H and O–H groups in total. The number of amides is 1. The predicted molar refractivity (Wildman–Crippen MR) is 54.4 cm³/mol. The molecule has 0 aromatic carbocycles. The molecule has 15 heavy (non-hydrogen) atoms. The Hall–Kier alpha value is -2.17. The minimum atomic E-state index is -1.16. The molecule has 0 fully saturated rings. The van der Waals surface area contributed by atoms with Crippen molar-refractivity contribution >= 4 is 17.6 Å². The SMILES string of the molecule is Cc1ccncc1NC(=O)C=CC(=O)O. The molecule has 5 nitrogen and oxygen atoms in total. The third-order valence-corrected chi connectivity index (χ3v) is 1.67. The fourth-order valence-corrected chi connectivity index (χ4v) is 0.916. The third kappa shape index (κ3) is 3.60. The van der Waals surface area contributed by atoms with Crippen molar-refractivity contribution in [1.82, 2.24) is 4.98 Å². The summed E-state index contributed by atoms with van der Waals surface area (Å²) in [5.41, 5.74) is 1.43. The van der Waals surface area contributed by atoms with E-state index in [0.29, 0.717) is 5.69 Å². The molecule has 5 heteroatoms. The lowest BCUT2D eigenvalue weighted by molar-refractivity contribution is -0.131. The Morgan fingerprint density at radius 3 is 2.80 bits per heavy atom. The maximum absolute atomic E-state index is 11.2. The summed E-state index contributed by atoms with van der Waals surface area (Å²) in [6.07, 6.45) is 4.84. The van der Waals surface area contributed by atoms with Crippen LogP contribution in [0.4, 0.5) is 5.69 Å². The van der Waals surface area contributed by atoms with Gasteiger partial charge in [0.1, 0.15) is 0 Å². The van der Waals surface area contributed by atoms with E-state index < -0.39 is 11.9 Å². The van der Waals surface area contributed by atoms with Crippen LogP contribution in [0.15, 0.2) is 30.6 Å². The lowest BCUT2D eigenvalue weighted by Crippen LogP contribution is -2.09. The number of aliphatic carboxylic acids is 1. The molecule has 0 radical (unpaired) electrons. The van der Waals surface area contributed by atoms with Gasteiger partial charge in [-0.1, -0.05) is 0 Å². The number of nitrogens with one attached hydrogen (secondary N) is 1. The molecule has 0 atom stereocenters. The molecule has 1 aromatic heterocycles. The van der Waals surface area contributed by atoms with E-state index in [1.54, 1.807) is 12.3 Å². The molecule has 0 bridgehead atoms. The number of aryl methyl sites for hydroxylation is 1. The van der Waals surface area contributed by atoms with Crippen LogP contribution in [-0.4, -0.2) is 22.0 Å². The maximum atomic E-state index is 11.2. The molecule has 0 spiro atoms. The van der Waals surface area contributed by atoms with Crippen LogP contribution in [0.2, 0.25) is 0 Å². The van der Waals surface area contributed by atoms with Crippen molar-refractivity contribution in [3.05, 3.63) is 36.2 Å². The Kier molecular flexibility index (Phi) is 3.56. The van der Waals surface area contributed by atoms with E-state index in [9.17, 15) is 9.59 Å². The Bertz CT molecular complexity index is 413. The van der Waals surface area contributed by atoms with Gasteiger partial charge in [0.25, 0.3) is 0 Å². The van der Waals surface area contributed by atoms with Gasteiger partial charge in [-0.25, -0.2) is 4.79 Å². The number of hydrogen-bond acceptors (Lipinski definition) is 3. The second kappa shape index (κ2) is 4.90. The monoisotopic (exact) mass is 206 g/mol. The number of pyridine rings is 1. The normalized spacial score (nSPS) is 10.2. The van der Waals surface area contributed by atoms with E-state index in [0.717, 1.165) is 17.7 Å². The Labute approximate surface area is 86.5 Å². The van der Waals surface area contributed by atoms with Crippen LogP contribution in [-0.2, 0) is 9.59 Å². The topological polar surface area (TPSA) is 79.3 Å². The zero-order valence-electron chi connectivity index (χ0n) is 8.10. The fraction of sp³-hybridized carbons (Fsp3) is 0.100. The van der Waals surface area contributed by atoms with Crippen molar-refractivity contribution in [2.75, 3.05) is 5.32 Å². The van der Waals surface area contributed by atoms with Crippen LogP contribution in [0.5, 0.6) is 0 Å². The first-order chi connectivity index (χ1) is 7.09. The van der Waals surface area contributed by atoms with E-state index in [1.165, 1.54) is 6.20 Å². The summed E-state index contributed by atoms with van der Waals surface area (Å²) < 4.78 is 0. The van der Waals surface area contributed by atoms with Crippen LogP contribution in [0.25, 0.3) is 0 Å². The summed E-state index contributed by atoms with van der Waals surface area (Å²) >= 11 is 0. The molecule has 0 unspecified atom stereocenters. The highest BCUT2D eigenvalue weighted by Gasteiger charge is 2.01. The number of carbonyl (C=O) groups excluding carboxylic acids is 1. The molecule has 1 rings (SSSR count). The van der Waals surface area contributed by atoms with Gasteiger partial charge in [-0.05, 0) is 18.6 Å². The van der Waals surface area contributed by atoms with Gasteiger partial charge in [-0.15, -0.1) is 0 Å². The van der Waals surface area contributed by atoms with Crippen molar-refractivity contribution < 1.29 is 14.7 Å². The summed E-state index contributed by atoms with van der Waals surface area (Å²) in [6.45, 7) is 1.82. The van der Waals surface area contributed by atoms with Crippen LogP contribution < -0.4 is 5.32 Å². The largest absolute Gasteiger partial charge is 0.478 e. The minimum Gasteiger partial charge on any atom is -0.478 e. The average molecular weight is 206 g/mol. The first-order valence-corrected chi connectivity index (χ1v) is 4.22. The highest BCUT2D eigenvalue weighted by Crippen LogP contribution is 2.10. The number of carboxylic acids is 1. The standard InChI is InChI=1S/C10H10N2O3/c1-7-4-5-11-6-8(7)12-9(13)2-3-10(14)15/h2-6H,1H3,(H,12,13)(H,14,15). The second-order valence-electron chi connectivity index (χ2n) is 2.85. The van der Waals surface area contributed by atoms with E-state index in [1.807, 2.05) is 6.92 Å². The van der Waals surface area contributed by atoms with Gasteiger partial charge in [-0.2, -0.15) is 0 Å². The summed E-state index contributed by atoms with van der Waals surface area (Å²) in [6, 6.07) is 1.75. The maximum Gasteiger partial charge on any atom is 0.328 e. The van der Waals surface area contributed by atoms with Gasteiger partial charge >= 0.3 is 5.97 Å². The number of carboxylic acid groups (broad SMARTS) is 1. The Balaban J connectivity index is 2.67. The van der Waals surface area contributed by atoms with Crippen LogP contribution in [0.3, 0.4) is 0 Å². The molecule has 0 aliphatic rings. The van der Waals surface area contributed by atoms with Gasteiger partial charge < -0.3 is 10.4 Å². The number of aromatic nitrogens is 1. The molecule has 1 aromatic rings. The average Bonchev–Trinajstić information content (AvgIpc) is 2.18. The molecule has 0 saturated carbocycles. The summed E-state index contributed by atoms with van der Waals surface area (Å²) in [5.74, 6) is -1.65. The Morgan fingerprint density at radius 1 is 1.47 bits per heavy atom. The highest BCUT2D eigenvalue weighted by atomic mass is 16.4. The summed E-state index contributed by atoms with van der Waals surface area (Å²) in [7, 11) is 0. The van der Waals surface area contributed by atoms with Gasteiger partial charge in [0.15, 0.2) is 0 Å². The first-order valence-electron chi connectivity index (χ1n) is 4.22. The van der Waals surface area contributed by atoms with E-state index in [4.69, 9.17) is 5.11 Å². The van der Waals surface area contributed by atoms with Crippen LogP contribution >= 0.6 is 0 Å². The van der Waals surface area contributed by atoms with Crippen LogP contribution in [0.1, 0.15) is 5.56 Å². The molecule has 1 heterocycles. The van der Waals surface area contributed by atoms with Gasteiger partial charge in [0.2, 0.25) is 5.91 Å². The summed E-state index contributed by atoms with van der Waals surface area (Å²) in [4.78, 5) is 25.2. The molecular formula is C10H10N2O3. The molecule has 78 valence electrons. The number of rotatable bonds is 3. The Morgan fingerprint density at radius 2 is 2.20 bits per heavy atom. The number of anilines is 1. The number of hydrogen-bond donors (Lipinski definition) is 2. The lowest BCUT2D eigenvalue weighted by Gasteiger charge is -2.03. The van der Waals surface area contributed by atoms with Crippen LogP contribution in [0, 0.1) is 6.92 Å². The molecule has 0 aliphatic heterocycles.